The normalized spacial score (nSPS) is 12.8. The molecule has 1 amide bonds. The lowest BCUT2D eigenvalue weighted by Gasteiger charge is -2.17. The summed E-state index contributed by atoms with van der Waals surface area (Å²) in [4.78, 5) is 43.8. The molecule has 8 heteroatoms. The number of carbonyl (C=O) groups excluding carboxylic acids is 2. The average Bonchev–Trinajstić information content (AvgIpc) is 3.18. The third-order valence-electron chi connectivity index (χ3n) is 4.85. The number of carbonyl (C=O) groups is 2. The maximum Gasteiger partial charge on any atom is 0.325 e. The Kier molecular flexibility index (Phi) is 5.35. The zero-order valence-electron chi connectivity index (χ0n) is 15.8. The monoisotopic (exact) mass is 409 g/mol. The highest BCUT2D eigenvalue weighted by Crippen LogP contribution is 2.28. The van der Waals surface area contributed by atoms with Gasteiger partial charge in [0.25, 0.3) is 5.56 Å². The van der Waals surface area contributed by atoms with Crippen LogP contribution in [0.3, 0.4) is 0 Å². The number of hydrogen-bond donors (Lipinski definition) is 0. The fourth-order valence-electron chi connectivity index (χ4n) is 3.39. The highest BCUT2D eigenvalue weighted by molar-refractivity contribution is 7.99. The van der Waals surface area contributed by atoms with Gasteiger partial charge < -0.3 is 9.64 Å². The van der Waals surface area contributed by atoms with Gasteiger partial charge in [-0.1, -0.05) is 42.1 Å². The quantitative estimate of drug-likeness (QED) is 0.365. The first-order chi connectivity index (χ1) is 14.1. The number of ether oxygens (including phenoxy) is 1. The van der Waals surface area contributed by atoms with Crippen LogP contribution in [-0.2, 0) is 27.3 Å². The molecule has 0 fully saturated rings. The number of nitrogens with zero attached hydrogens (tertiary/aromatic N) is 3. The van der Waals surface area contributed by atoms with E-state index < -0.39 is 5.97 Å². The van der Waals surface area contributed by atoms with E-state index in [1.165, 1.54) is 11.7 Å². The van der Waals surface area contributed by atoms with Gasteiger partial charge in [0.1, 0.15) is 6.54 Å². The molecule has 2 aromatic carbocycles. The highest BCUT2D eigenvalue weighted by atomic mass is 32.2. The minimum Gasteiger partial charge on any atom is -0.468 e. The standard InChI is InChI=1S/C21H19N3O4S/c1-28-19(26)12-24-20(27)15-7-3-4-8-16(15)22-21(24)29-13-18(25)23-11-10-14-6-2-5-9-17(14)23/h2-9H,10-13H2,1H3. The maximum atomic E-state index is 12.9. The molecule has 0 spiro atoms. The smallest absolute Gasteiger partial charge is 0.325 e. The first-order valence-electron chi connectivity index (χ1n) is 9.16. The van der Waals surface area contributed by atoms with Crippen LogP contribution < -0.4 is 10.5 Å². The molecule has 4 rings (SSSR count). The molecule has 29 heavy (non-hydrogen) atoms. The molecule has 7 nitrogen and oxygen atoms in total. The van der Waals surface area contributed by atoms with E-state index in [0.29, 0.717) is 22.6 Å². The van der Waals surface area contributed by atoms with Crippen LogP contribution >= 0.6 is 11.8 Å². The summed E-state index contributed by atoms with van der Waals surface area (Å²) in [6.45, 7) is 0.384. The van der Waals surface area contributed by atoms with Gasteiger partial charge in [0.05, 0.1) is 23.8 Å². The van der Waals surface area contributed by atoms with Gasteiger partial charge in [0, 0.05) is 12.2 Å². The predicted octanol–water partition coefficient (Wildman–Crippen LogP) is 2.25. The molecule has 0 radical (unpaired) electrons. The van der Waals surface area contributed by atoms with E-state index in [0.717, 1.165) is 29.4 Å². The summed E-state index contributed by atoms with van der Waals surface area (Å²) < 4.78 is 5.98. The number of esters is 1. The number of benzene rings is 2. The number of rotatable bonds is 5. The third-order valence-corrected chi connectivity index (χ3v) is 5.82. The van der Waals surface area contributed by atoms with Crippen LogP contribution in [0.25, 0.3) is 10.9 Å². The Balaban J connectivity index is 1.62. The van der Waals surface area contributed by atoms with Crippen molar-refractivity contribution in [3.63, 3.8) is 0 Å². The van der Waals surface area contributed by atoms with Crippen LogP contribution in [0.1, 0.15) is 5.56 Å². The molecule has 2 heterocycles. The van der Waals surface area contributed by atoms with Crippen molar-refractivity contribution in [3.8, 4) is 0 Å². The molecule has 0 bridgehead atoms. The van der Waals surface area contributed by atoms with Crippen molar-refractivity contribution in [3.05, 3.63) is 64.4 Å². The van der Waals surface area contributed by atoms with Crippen LogP contribution in [-0.4, -0.2) is 40.8 Å². The molecule has 1 aliphatic rings. The second-order valence-corrected chi connectivity index (χ2v) is 7.53. The summed E-state index contributed by atoms with van der Waals surface area (Å²) >= 11 is 1.15. The Bertz CT molecular complexity index is 1160. The third kappa shape index (κ3) is 3.75. The van der Waals surface area contributed by atoms with Gasteiger partial charge in [-0.05, 0) is 30.2 Å². The lowest BCUT2D eigenvalue weighted by Crippen LogP contribution is -2.31. The molecule has 0 N–H and O–H groups in total. The van der Waals surface area contributed by atoms with Crippen molar-refractivity contribution < 1.29 is 14.3 Å². The molecule has 0 saturated heterocycles. The average molecular weight is 409 g/mol. The van der Waals surface area contributed by atoms with E-state index in [1.807, 2.05) is 24.3 Å². The molecule has 0 unspecified atom stereocenters. The van der Waals surface area contributed by atoms with Crippen molar-refractivity contribution in [2.45, 2.75) is 18.1 Å². The van der Waals surface area contributed by atoms with Gasteiger partial charge in [-0.3, -0.25) is 19.0 Å². The summed E-state index contributed by atoms with van der Waals surface area (Å²) in [5.74, 6) is -0.502. The number of amides is 1. The number of aromatic nitrogens is 2. The lowest BCUT2D eigenvalue weighted by molar-refractivity contribution is -0.141. The minimum atomic E-state index is -0.550. The van der Waals surface area contributed by atoms with Gasteiger partial charge in [-0.2, -0.15) is 0 Å². The fourth-order valence-corrected chi connectivity index (χ4v) is 4.27. The van der Waals surface area contributed by atoms with E-state index in [9.17, 15) is 14.4 Å². The molecule has 0 aliphatic carbocycles. The molecule has 148 valence electrons. The van der Waals surface area contributed by atoms with Gasteiger partial charge in [0.15, 0.2) is 5.16 Å². The zero-order chi connectivity index (χ0) is 20.4. The maximum absolute atomic E-state index is 12.9. The van der Waals surface area contributed by atoms with E-state index in [4.69, 9.17) is 4.74 Å². The van der Waals surface area contributed by atoms with Crippen molar-refractivity contribution in [2.24, 2.45) is 0 Å². The molecule has 3 aromatic rings. The molecular weight excluding hydrogens is 390 g/mol. The Hall–Kier alpha value is -3.13. The van der Waals surface area contributed by atoms with Crippen molar-refractivity contribution >= 4 is 40.2 Å². The molecule has 0 atom stereocenters. The lowest BCUT2D eigenvalue weighted by atomic mass is 10.2. The zero-order valence-corrected chi connectivity index (χ0v) is 16.6. The summed E-state index contributed by atoms with van der Waals surface area (Å²) in [5, 5.41) is 0.737. The SMILES string of the molecule is COC(=O)Cn1c(SCC(=O)N2CCc3ccccc32)nc2ccccc2c1=O. The number of methoxy groups -OCH3 is 1. The van der Waals surface area contributed by atoms with Gasteiger partial charge in [-0.25, -0.2) is 4.98 Å². The number of anilines is 1. The number of fused-ring (bicyclic) bond motifs is 2. The Morgan fingerprint density at radius 1 is 1.14 bits per heavy atom. The second kappa shape index (κ2) is 8.08. The summed E-state index contributed by atoms with van der Waals surface area (Å²) in [7, 11) is 1.27. The Morgan fingerprint density at radius 3 is 2.72 bits per heavy atom. The first kappa shape index (κ1) is 19.2. The van der Waals surface area contributed by atoms with E-state index in [1.54, 1.807) is 29.2 Å². The van der Waals surface area contributed by atoms with Gasteiger partial charge in [0.2, 0.25) is 5.91 Å². The predicted molar refractivity (Wildman–Crippen MR) is 111 cm³/mol. The van der Waals surface area contributed by atoms with E-state index in [-0.39, 0.29) is 23.8 Å². The topological polar surface area (TPSA) is 81.5 Å². The van der Waals surface area contributed by atoms with E-state index in [2.05, 4.69) is 4.98 Å². The summed E-state index contributed by atoms with van der Waals surface area (Å²) in [6.07, 6.45) is 0.827. The Labute approximate surface area is 171 Å². The number of para-hydroxylation sites is 2. The minimum absolute atomic E-state index is 0.0630. The number of thioether (sulfide) groups is 1. The summed E-state index contributed by atoms with van der Waals surface area (Å²) in [6, 6.07) is 14.8. The van der Waals surface area contributed by atoms with Crippen LogP contribution in [0.4, 0.5) is 5.69 Å². The Morgan fingerprint density at radius 2 is 1.90 bits per heavy atom. The van der Waals surface area contributed by atoms with Gasteiger partial charge >= 0.3 is 5.97 Å². The second-order valence-electron chi connectivity index (χ2n) is 6.59. The largest absolute Gasteiger partial charge is 0.468 e. The molecular formula is C21H19N3O4S. The highest BCUT2D eigenvalue weighted by Gasteiger charge is 2.25. The van der Waals surface area contributed by atoms with Gasteiger partial charge in [-0.15, -0.1) is 0 Å². The molecule has 1 aliphatic heterocycles. The molecule has 1 aromatic heterocycles. The van der Waals surface area contributed by atoms with E-state index >= 15 is 0 Å². The van der Waals surface area contributed by atoms with Crippen molar-refractivity contribution in [2.75, 3.05) is 24.3 Å². The fraction of sp³-hybridized carbons (Fsp3) is 0.238. The van der Waals surface area contributed by atoms with Crippen LogP contribution in [0.2, 0.25) is 0 Å². The first-order valence-corrected chi connectivity index (χ1v) is 10.1. The summed E-state index contributed by atoms with van der Waals surface area (Å²) in [5.41, 5.74) is 2.27. The van der Waals surface area contributed by atoms with Crippen LogP contribution in [0.5, 0.6) is 0 Å². The number of hydrogen-bond acceptors (Lipinski definition) is 6. The van der Waals surface area contributed by atoms with Crippen molar-refractivity contribution in [1.29, 1.82) is 0 Å². The molecule has 0 saturated carbocycles. The van der Waals surface area contributed by atoms with Crippen LogP contribution in [0, 0.1) is 0 Å². The van der Waals surface area contributed by atoms with Crippen LogP contribution in [0.15, 0.2) is 58.5 Å². The van der Waals surface area contributed by atoms with Crippen molar-refractivity contribution in [1.82, 2.24) is 9.55 Å².